The van der Waals surface area contributed by atoms with Gasteiger partial charge in [0.15, 0.2) is 0 Å². The van der Waals surface area contributed by atoms with Gasteiger partial charge in [0.1, 0.15) is 11.5 Å². The molecule has 0 saturated carbocycles. The maximum Gasteiger partial charge on any atom is 0.313 e. The molecular weight excluding hydrogens is 228 g/mol. The highest BCUT2D eigenvalue weighted by Gasteiger charge is 2.21. The third-order valence-electron chi connectivity index (χ3n) is 2.77. The fraction of sp³-hybridized carbons (Fsp3) is 0.533. The van der Waals surface area contributed by atoms with Crippen molar-refractivity contribution in [1.82, 2.24) is 0 Å². The van der Waals surface area contributed by atoms with Crippen molar-refractivity contribution in [3.8, 4) is 11.5 Å². The zero-order valence-corrected chi connectivity index (χ0v) is 12.0. The zero-order chi connectivity index (χ0) is 14.1. The van der Waals surface area contributed by atoms with E-state index < -0.39 is 0 Å². The minimum Gasteiger partial charge on any atom is -0.507 e. The minimum absolute atomic E-state index is 0.169. The molecule has 1 rings (SSSR count). The molecular formula is C15H22O3. The van der Waals surface area contributed by atoms with Crippen LogP contribution in [0.5, 0.6) is 11.5 Å². The smallest absolute Gasteiger partial charge is 0.313 e. The molecule has 0 aromatic heterocycles. The van der Waals surface area contributed by atoms with E-state index in [4.69, 9.17) is 4.74 Å². The molecule has 0 atom stereocenters. The van der Waals surface area contributed by atoms with Crippen molar-refractivity contribution in [1.29, 1.82) is 0 Å². The fourth-order valence-electron chi connectivity index (χ4n) is 1.61. The van der Waals surface area contributed by atoms with Crippen molar-refractivity contribution < 1.29 is 14.6 Å². The second kappa shape index (κ2) is 5.01. The molecule has 0 saturated heterocycles. The molecule has 0 radical (unpaired) electrons. The Kier molecular flexibility index (Phi) is 4.05. The number of ether oxygens (including phenoxy) is 1. The molecule has 0 aliphatic heterocycles. The van der Waals surface area contributed by atoms with Crippen molar-refractivity contribution in [2.75, 3.05) is 0 Å². The molecule has 0 aliphatic rings. The van der Waals surface area contributed by atoms with Crippen LogP contribution in [0.3, 0.4) is 0 Å². The molecule has 0 unspecified atom stereocenters. The third kappa shape index (κ3) is 3.25. The fourth-order valence-corrected chi connectivity index (χ4v) is 1.61. The van der Waals surface area contributed by atoms with Crippen LogP contribution in [0, 0.1) is 12.8 Å². The molecule has 0 heterocycles. The Labute approximate surface area is 109 Å². The van der Waals surface area contributed by atoms with Crippen LogP contribution in [-0.4, -0.2) is 11.1 Å². The second-order valence-corrected chi connectivity index (χ2v) is 5.96. The van der Waals surface area contributed by atoms with Crippen molar-refractivity contribution in [3.63, 3.8) is 0 Å². The highest BCUT2D eigenvalue weighted by atomic mass is 16.5. The van der Waals surface area contributed by atoms with E-state index >= 15 is 0 Å². The largest absolute Gasteiger partial charge is 0.507 e. The van der Waals surface area contributed by atoms with Gasteiger partial charge in [0.25, 0.3) is 0 Å². The Hall–Kier alpha value is -1.51. The Bertz CT molecular complexity index is 454. The predicted molar refractivity (Wildman–Crippen MR) is 72.0 cm³/mol. The Morgan fingerprint density at radius 3 is 2.28 bits per heavy atom. The standard InChI is InChI=1S/C15H22O3/c1-9(2)14(17)18-11-7-10(3)13(16)12(8-11)15(4,5)6/h7-9,16H,1-6H3. The van der Waals surface area contributed by atoms with E-state index in [2.05, 4.69) is 0 Å². The van der Waals surface area contributed by atoms with Gasteiger partial charge in [-0.3, -0.25) is 4.79 Å². The summed E-state index contributed by atoms with van der Waals surface area (Å²) in [6.45, 7) is 11.4. The maximum atomic E-state index is 11.6. The van der Waals surface area contributed by atoms with Crippen molar-refractivity contribution >= 4 is 5.97 Å². The van der Waals surface area contributed by atoms with E-state index in [1.807, 2.05) is 20.8 Å². The topological polar surface area (TPSA) is 46.5 Å². The van der Waals surface area contributed by atoms with Crippen LogP contribution in [0.1, 0.15) is 45.7 Å². The van der Waals surface area contributed by atoms with Crippen LogP contribution in [0.25, 0.3) is 0 Å². The monoisotopic (exact) mass is 250 g/mol. The molecule has 1 N–H and O–H groups in total. The lowest BCUT2D eigenvalue weighted by Gasteiger charge is -2.22. The van der Waals surface area contributed by atoms with Crippen molar-refractivity contribution in [2.24, 2.45) is 5.92 Å². The van der Waals surface area contributed by atoms with Crippen LogP contribution >= 0.6 is 0 Å². The molecule has 1 aromatic rings. The van der Waals surface area contributed by atoms with E-state index in [1.165, 1.54) is 0 Å². The van der Waals surface area contributed by atoms with Gasteiger partial charge in [0.2, 0.25) is 0 Å². The average molecular weight is 250 g/mol. The molecule has 100 valence electrons. The summed E-state index contributed by atoms with van der Waals surface area (Å²) in [6.07, 6.45) is 0. The van der Waals surface area contributed by atoms with Gasteiger partial charge in [0.05, 0.1) is 5.92 Å². The summed E-state index contributed by atoms with van der Waals surface area (Å²) in [5.74, 6) is 0.331. The van der Waals surface area contributed by atoms with Gasteiger partial charge in [-0.2, -0.15) is 0 Å². The first-order valence-electron chi connectivity index (χ1n) is 6.18. The van der Waals surface area contributed by atoms with Gasteiger partial charge in [-0.05, 0) is 30.0 Å². The first-order valence-corrected chi connectivity index (χ1v) is 6.18. The van der Waals surface area contributed by atoms with E-state index in [0.717, 1.165) is 5.56 Å². The summed E-state index contributed by atoms with van der Waals surface area (Å²) in [7, 11) is 0. The van der Waals surface area contributed by atoms with Crippen molar-refractivity contribution in [3.05, 3.63) is 23.3 Å². The lowest BCUT2D eigenvalue weighted by atomic mass is 9.85. The molecule has 3 heteroatoms. The number of esters is 1. The van der Waals surface area contributed by atoms with Crippen LogP contribution in [0.15, 0.2) is 12.1 Å². The normalized spacial score (nSPS) is 11.7. The Morgan fingerprint density at radius 2 is 1.83 bits per heavy atom. The van der Waals surface area contributed by atoms with Crippen LogP contribution in [0.4, 0.5) is 0 Å². The first-order chi connectivity index (χ1) is 8.12. The molecule has 0 aliphatic carbocycles. The van der Waals surface area contributed by atoms with E-state index in [9.17, 15) is 9.90 Å². The number of aryl methyl sites for hydroxylation is 1. The summed E-state index contributed by atoms with van der Waals surface area (Å²) in [5.41, 5.74) is 1.30. The summed E-state index contributed by atoms with van der Waals surface area (Å²) < 4.78 is 5.30. The Morgan fingerprint density at radius 1 is 1.28 bits per heavy atom. The molecule has 3 nitrogen and oxygen atoms in total. The SMILES string of the molecule is Cc1cc(OC(=O)C(C)C)cc(C(C)(C)C)c1O. The van der Waals surface area contributed by atoms with Crippen LogP contribution < -0.4 is 4.74 Å². The molecule has 18 heavy (non-hydrogen) atoms. The maximum absolute atomic E-state index is 11.6. The zero-order valence-electron chi connectivity index (χ0n) is 12.0. The van der Waals surface area contributed by atoms with Gasteiger partial charge in [-0.1, -0.05) is 34.6 Å². The predicted octanol–water partition coefficient (Wildman–Crippen LogP) is 3.56. The summed E-state index contributed by atoms with van der Waals surface area (Å²) >= 11 is 0. The lowest BCUT2D eigenvalue weighted by Crippen LogP contribution is -2.16. The molecule has 0 fully saturated rings. The van der Waals surface area contributed by atoms with Gasteiger partial charge in [-0.15, -0.1) is 0 Å². The number of hydrogen-bond acceptors (Lipinski definition) is 3. The highest BCUT2D eigenvalue weighted by molar-refractivity contribution is 5.74. The molecule has 0 spiro atoms. The number of phenolic OH excluding ortho intramolecular Hbond substituents is 1. The number of aromatic hydroxyl groups is 1. The van der Waals surface area contributed by atoms with Gasteiger partial charge >= 0.3 is 5.97 Å². The molecule has 0 bridgehead atoms. The summed E-state index contributed by atoms with van der Waals surface area (Å²) in [6, 6.07) is 3.42. The van der Waals surface area contributed by atoms with E-state index in [1.54, 1.807) is 32.9 Å². The summed E-state index contributed by atoms with van der Waals surface area (Å²) in [4.78, 5) is 11.6. The van der Waals surface area contributed by atoms with E-state index in [0.29, 0.717) is 11.3 Å². The quantitative estimate of drug-likeness (QED) is 0.645. The summed E-state index contributed by atoms with van der Waals surface area (Å²) in [5, 5.41) is 10.1. The van der Waals surface area contributed by atoms with Gasteiger partial charge in [-0.25, -0.2) is 0 Å². The first kappa shape index (κ1) is 14.6. The van der Waals surface area contributed by atoms with Gasteiger partial charge < -0.3 is 9.84 Å². The Balaban J connectivity index is 3.17. The third-order valence-corrected chi connectivity index (χ3v) is 2.77. The minimum atomic E-state index is -0.264. The number of rotatable bonds is 2. The number of hydrogen-bond donors (Lipinski definition) is 1. The lowest BCUT2D eigenvalue weighted by molar-refractivity contribution is -0.137. The molecule has 1 aromatic carbocycles. The highest BCUT2D eigenvalue weighted by Crippen LogP contribution is 2.36. The van der Waals surface area contributed by atoms with Crippen LogP contribution in [-0.2, 0) is 10.2 Å². The average Bonchev–Trinajstić information content (AvgIpc) is 2.21. The second-order valence-electron chi connectivity index (χ2n) is 5.96. The van der Waals surface area contributed by atoms with Crippen LogP contribution in [0.2, 0.25) is 0 Å². The van der Waals surface area contributed by atoms with Gasteiger partial charge in [0, 0.05) is 5.56 Å². The number of phenols is 1. The van der Waals surface area contributed by atoms with E-state index in [-0.39, 0.29) is 23.1 Å². The van der Waals surface area contributed by atoms with Crippen molar-refractivity contribution in [2.45, 2.75) is 47.0 Å². The number of carbonyl (C=O) groups excluding carboxylic acids is 1. The molecule has 0 amide bonds. The number of carbonyl (C=O) groups is 1. The number of benzene rings is 1.